The fraction of sp³-hybridized carbons (Fsp3) is 0.714. The minimum atomic E-state index is -0.415. The molecule has 4 aliphatic carbocycles. The largest absolute Gasteiger partial charge is 0.390 e. The molecule has 20 heavy (non-hydrogen) atoms. The highest BCUT2D eigenvalue weighted by Crippen LogP contribution is 2.56. The molecule has 0 aliphatic heterocycles. The molecule has 0 saturated heterocycles. The first kappa shape index (κ1) is 13.1. The van der Waals surface area contributed by atoms with Gasteiger partial charge in [-0.15, -0.1) is 0 Å². The summed E-state index contributed by atoms with van der Waals surface area (Å²) >= 11 is 12.0. The van der Waals surface area contributed by atoms with Crippen LogP contribution < -0.4 is 5.32 Å². The van der Waals surface area contributed by atoms with Gasteiger partial charge in [0.25, 0.3) is 0 Å². The lowest BCUT2D eigenvalue weighted by atomic mass is 9.52. The van der Waals surface area contributed by atoms with Gasteiger partial charge in [-0.25, -0.2) is 4.98 Å². The van der Waals surface area contributed by atoms with E-state index in [0.717, 1.165) is 19.3 Å². The molecule has 4 saturated carbocycles. The molecule has 1 heterocycles. The standard InChI is InChI=1S/C14H17Cl2N3O/c15-10-6-17-13(16)19-12(10)18-11-8-1-7-2-9(11)5-14(20,3-7)4-8/h6-9,11,20H,1-5H2,(H,17,18,19). The van der Waals surface area contributed by atoms with Crippen LogP contribution in [0.3, 0.4) is 0 Å². The van der Waals surface area contributed by atoms with Crippen LogP contribution in [0.15, 0.2) is 6.20 Å². The maximum absolute atomic E-state index is 10.6. The minimum absolute atomic E-state index is 0.208. The molecule has 4 bridgehead atoms. The Bertz CT molecular complexity index is 537. The number of nitrogens with zero attached hydrogens (tertiary/aromatic N) is 2. The van der Waals surface area contributed by atoms with E-state index < -0.39 is 5.60 Å². The van der Waals surface area contributed by atoms with Gasteiger partial charge in [-0.3, -0.25) is 0 Å². The molecule has 4 fully saturated rings. The van der Waals surface area contributed by atoms with Crippen LogP contribution in [0.1, 0.15) is 32.1 Å². The second-order valence-corrected chi connectivity index (χ2v) is 7.45. The second-order valence-electron chi connectivity index (χ2n) is 6.70. The van der Waals surface area contributed by atoms with Crippen molar-refractivity contribution in [3.05, 3.63) is 16.5 Å². The number of hydrogen-bond acceptors (Lipinski definition) is 4. The first-order valence-corrected chi connectivity index (χ1v) is 7.95. The Labute approximate surface area is 127 Å². The predicted molar refractivity (Wildman–Crippen MR) is 78.0 cm³/mol. The molecule has 108 valence electrons. The number of aromatic nitrogens is 2. The summed E-state index contributed by atoms with van der Waals surface area (Å²) in [6, 6.07) is 0.343. The van der Waals surface area contributed by atoms with Gasteiger partial charge in [0.1, 0.15) is 10.8 Å². The van der Waals surface area contributed by atoms with Crippen molar-refractivity contribution in [1.29, 1.82) is 0 Å². The molecule has 4 aliphatic rings. The number of anilines is 1. The number of rotatable bonds is 2. The molecule has 5 rings (SSSR count). The fourth-order valence-corrected chi connectivity index (χ4v) is 5.10. The van der Waals surface area contributed by atoms with E-state index >= 15 is 0 Å². The Morgan fingerprint density at radius 1 is 1.20 bits per heavy atom. The van der Waals surface area contributed by atoms with Gasteiger partial charge in [0.2, 0.25) is 5.28 Å². The van der Waals surface area contributed by atoms with Crippen molar-refractivity contribution in [2.45, 2.75) is 43.7 Å². The molecule has 0 spiro atoms. The molecule has 6 heteroatoms. The third-order valence-corrected chi connectivity index (χ3v) is 5.72. The van der Waals surface area contributed by atoms with E-state index in [1.54, 1.807) is 0 Å². The molecule has 0 aromatic carbocycles. The van der Waals surface area contributed by atoms with Gasteiger partial charge in [0.15, 0.2) is 0 Å². The molecule has 4 nitrogen and oxygen atoms in total. The molecule has 0 radical (unpaired) electrons. The molecule has 1 aromatic heterocycles. The SMILES string of the molecule is OC12CC3CC(C1)C(Nc1nc(Cl)ncc1Cl)C(C3)C2. The monoisotopic (exact) mass is 313 g/mol. The molecule has 2 atom stereocenters. The minimum Gasteiger partial charge on any atom is -0.390 e. The first-order chi connectivity index (χ1) is 9.52. The number of halogens is 2. The lowest BCUT2D eigenvalue weighted by Gasteiger charge is -2.58. The summed E-state index contributed by atoms with van der Waals surface area (Å²) in [5, 5.41) is 14.8. The summed E-state index contributed by atoms with van der Waals surface area (Å²) in [7, 11) is 0. The summed E-state index contributed by atoms with van der Waals surface area (Å²) in [6.07, 6.45) is 6.72. The lowest BCUT2D eigenvalue weighted by Crippen LogP contribution is -2.59. The third kappa shape index (κ3) is 2.09. The van der Waals surface area contributed by atoms with E-state index in [-0.39, 0.29) is 5.28 Å². The Morgan fingerprint density at radius 3 is 2.55 bits per heavy atom. The summed E-state index contributed by atoms with van der Waals surface area (Å²) in [6.45, 7) is 0. The van der Waals surface area contributed by atoms with Gasteiger partial charge in [-0.2, -0.15) is 4.98 Å². The van der Waals surface area contributed by atoms with E-state index in [1.807, 2.05) is 0 Å². The van der Waals surface area contributed by atoms with E-state index in [2.05, 4.69) is 15.3 Å². The zero-order chi connectivity index (χ0) is 13.9. The van der Waals surface area contributed by atoms with Gasteiger partial charge in [0.05, 0.1) is 11.8 Å². The molecule has 2 N–H and O–H groups in total. The average molecular weight is 314 g/mol. The van der Waals surface area contributed by atoms with Gasteiger partial charge < -0.3 is 10.4 Å². The van der Waals surface area contributed by atoms with Crippen LogP contribution in [-0.2, 0) is 0 Å². The van der Waals surface area contributed by atoms with E-state index in [4.69, 9.17) is 23.2 Å². The van der Waals surface area contributed by atoms with Crippen molar-refractivity contribution in [3.8, 4) is 0 Å². The van der Waals surface area contributed by atoms with Crippen molar-refractivity contribution in [3.63, 3.8) is 0 Å². The maximum atomic E-state index is 10.6. The summed E-state index contributed by atoms with van der Waals surface area (Å²) in [4.78, 5) is 8.07. The van der Waals surface area contributed by atoms with E-state index in [9.17, 15) is 5.11 Å². The summed E-state index contributed by atoms with van der Waals surface area (Å²) in [5.74, 6) is 2.34. The second kappa shape index (κ2) is 4.46. The lowest BCUT2D eigenvalue weighted by molar-refractivity contribution is -0.129. The van der Waals surface area contributed by atoms with Gasteiger partial charge in [-0.1, -0.05) is 11.6 Å². The molecule has 1 aromatic rings. The highest BCUT2D eigenvalue weighted by Gasteiger charge is 2.54. The van der Waals surface area contributed by atoms with Crippen molar-refractivity contribution < 1.29 is 5.11 Å². The van der Waals surface area contributed by atoms with Crippen LogP contribution in [-0.4, -0.2) is 26.7 Å². The normalized spacial score (nSPS) is 42.0. The van der Waals surface area contributed by atoms with Crippen molar-refractivity contribution in [1.82, 2.24) is 9.97 Å². The quantitative estimate of drug-likeness (QED) is 0.824. The van der Waals surface area contributed by atoms with Crippen LogP contribution in [0.5, 0.6) is 0 Å². The molecule has 2 unspecified atom stereocenters. The molecular formula is C14H17Cl2N3O. The molecular weight excluding hydrogens is 297 g/mol. The highest BCUT2D eigenvalue weighted by molar-refractivity contribution is 6.33. The van der Waals surface area contributed by atoms with Gasteiger partial charge >= 0.3 is 0 Å². The molecule has 0 amide bonds. The van der Waals surface area contributed by atoms with Crippen molar-refractivity contribution in [2.75, 3.05) is 5.32 Å². The van der Waals surface area contributed by atoms with Crippen molar-refractivity contribution in [2.24, 2.45) is 17.8 Å². The van der Waals surface area contributed by atoms with Gasteiger partial charge in [-0.05, 0) is 61.5 Å². The Kier molecular flexibility index (Phi) is 2.92. The van der Waals surface area contributed by atoms with Crippen LogP contribution in [0.4, 0.5) is 5.82 Å². The smallest absolute Gasteiger partial charge is 0.224 e. The maximum Gasteiger partial charge on any atom is 0.224 e. The number of hydrogen-bond donors (Lipinski definition) is 2. The zero-order valence-corrected chi connectivity index (χ0v) is 12.5. The fourth-order valence-electron chi connectivity index (χ4n) is 4.82. The van der Waals surface area contributed by atoms with E-state index in [0.29, 0.717) is 34.6 Å². The number of aliphatic hydroxyl groups is 1. The number of nitrogens with one attached hydrogen (secondary N) is 1. The van der Waals surface area contributed by atoms with Crippen LogP contribution in [0, 0.1) is 17.8 Å². The Morgan fingerprint density at radius 2 is 1.90 bits per heavy atom. The summed E-state index contributed by atoms with van der Waals surface area (Å²) < 4.78 is 0. The predicted octanol–water partition coefficient (Wildman–Crippen LogP) is 3.13. The highest BCUT2D eigenvalue weighted by atomic mass is 35.5. The van der Waals surface area contributed by atoms with Crippen LogP contribution in [0.2, 0.25) is 10.3 Å². The van der Waals surface area contributed by atoms with Crippen LogP contribution >= 0.6 is 23.2 Å². The zero-order valence-electron chi connectivity index (χ0n) is 11.0. The third-order valence-electron chi connectivity index (χ3n) is 5.26. The Balaban J connectivity index is 1.59. The van der Waals surface area contributed by atoms with Crippen molar-refractivity contribution >= 4 is 29.0 Å². The van der Waals surface area contributed by atoms with Gasteiger partial charge in [0, 0.05) is 6.04 Å². The Hall–Kier alpha value is -0.580. The van der Waals surface area contributed by atoms with E-state index in [1.165, 1.54) is 19.0 Å². The average Bonchev–Trinajstić information content (AvgIpc) is 2.36. The topological polar surface area (TPSA) is 58.0 Å². The van der Waals surface area contributed by atoms with Crippen LogP contribution in [0.25, 0.3) is 0 Å². The first-order valence-electron chi connectivity index (χ1n) is 7.19. The summed E-state index contributed by atoms with van der Waals surface area (Å²) in [5.41, 5.74) is -0.415.